The molecule has 0 heterocycles. The Morgan fingerprint density at radius 3 is 1.83 bits per heavy atom. The van der Waals surface area contributed by atoms with E-state index in [1.165, 1.54) is 0 Å². The van der Waals surface area contributed by atoms with Crippen molar-refractivity contribution in [2.24, 2.45) is 0 Å². The zero-order chi connectivity index (χ0) is 20.6. The van der Waals surface area contributed by atoms with Gasteiger partial charge in [0.15, 0.2) is 0 Å². The molecule has 0 bridgehead atoms. The number of hydrogen-bond acceptors (Lipinski definition) is 3. The standard InChI is InChI=1S/C24H24N2O3/c1-3-17-9-8-10-18(4-2)22(17)26-24(28)23(27)25-19-13-15-21(16-14-19)29-20-11-6-5-7-12-20/h5-16H,3-4H2,1-2H3,(H,25,27)(H,26,28). The molecule has 0 saturated heterocycles. The van der Waals surface area contributed by atoms with Crippen molar-refractivity contribution in [2.45, 2.75) is 26.7 Å². The van der Waals surface area contributed by atoms with Crippen molar-refractivity contribution in [2.75, 3.05) is 10.6 Å². The van der Waals surface area contributed by atoms with E-state index in [0.717, 1.165) is 35.4 Å². The molecule has 3 rings (SSSR count). The van der Waals surface area contributed by atoms with Crippen LogP contribution < -0.4 is 15.4 Å². The third kappa shape index (κ3) is 5.23. The van der Waals surface area contributed by atoms with Gasteiger partial charge in [-0.05, 0) is 60.4 Å². The Labute approximate surface area is 170 Å². The predicted octanol–water partition coefficient (Wildman–Crippen LogP) is 5.18. The molecule has 2 amide bonds. The van der Waals surface area contributed by atoms with Gasteiger partial charge in [-0.3, -0.25) is 9.59 Å². The van der Waals surface area contributed by atoms with Crippen LogP contribution in [0.15, 0.2) is 72.8 Å². The number of anilines is 2. The minimum absolute atomic E-state index is 0.519. The third-order valence-electron chi connectivity index (χ3n) is 4.53. The second-order valence-electron chi connectivity index (χ2n) is 6.51. The summed E-state index contributed by atoms with van der Waals surface area (Å²) in [7, 11) is 0. The maximum Gasteiger partial charge on any atom is 0.314 e. The Kier molecular flexibility index (Phi) is 6.63. The summed E-state index contributed by atoms with van der Waals surface area (Å²) >= 11 is 0. The number of hydrogen-bond donors (Lipinski definition) is 2. The fraction of sp³-hybridized carbons (Fsp3) is 0.167. The Morgan fingerprint density at radius 1 is 0.690 bits per heavy atom. The normalized spacial score (nSPS) is 10.3. The second-order valence-corrected chi connectivity index (χ2v) is 6.51. The number of para-hydroxylation sites is 2. The Hall–Kier alpha value is -3.60. The van der Waals surface area contributed by atoms with Crippen LogP contribution in [0.1, 0.15) is 25.0 Å². The number of amides is 2. The first-order valence-electron chi connectivity index (χ1n) is 9.66. The van der Waals surface area contributed by atoms with E-state index in [9.17, 15) is 9.59 Å². The zero-order valence-electron chi connectivity index (χ0n) is 16.6. The molecule has 29 heavy (non-hydrogen) atoms. The van der Waals surface area contributed by atoms with E-state index in [0.29, 0.717) is 11.4 Å². The summed E-state index contributed by atoms with van der Waals surface area (Å²) < 4.78 is 5.72. The summed E-state index contributed by atoms with van der Waals surface area (Å²) in [6.45, 7) is 4.03. The first-order chi connectivity index (χ1) is 14.1. The fourth-order valence-electron chi connectivity index (χ4n) is 2.99. The lowest BCUT2D eigenvalue weighted by molar-refractivity contribution is -0.133. The van der Waals surface area contributed by atoms with Gasteiger partial charge in [0.25, 0.3) is 0 Å². The quantitative estimate of drug-likeness (QED) is 0.572. The van der Waals surface area contributed by atoms with Gasteiger partial charge in [-0.1, -0.05) is 50.2 Å². The van der Waals surface area contributed by atoms with Crippen LogP contribution in [0.5, 0.6) is 11.5 Å². The first-order valence-corrected chi connectivity index (χ1v) is 9.66. The highest BCUT2D eigenvalue weighted by Crippen LogP contribution is 2.24. The topological polar surface area (TPSA) is 67.4 Å². The summed E-state index contributed by atoms with van der Waals surface area (Å²) in [5.74, 6) is -0.0343. The summed E-state index contributed by atoms with van der Waals surface area (Å²) in [6, 6.07) is 22.2. The van der Waals surface area contributed by atoms with Gasteiger partial charge in [0.05, 0.1) is 0 Å². The van der Waals surface area contributed by atoms with Crippen LogP contribution in [0.25, 0.3) is 0 Å². The third-order valence-corrected chi connectivity index (χ3v) is 4.53. The largest absolute Gasteiger partial charge is 0.457 e. The molecule has 5 heteroatoms. The predicted molar refractivity (Wildman–Crippen MR) is 115 cm³/mol. The molecule has 0 aliphatic carbocycles. The monoisotopic (exact) mass is 388 g/mol. The minimum atomic E-state index is -0.713. The molecule has 148 valence electrons. The van der Waals surface area contributed by atoms with Gasteiger partial charge in [0.2, 0.25) is 0 Å². The number of ether oxygens (including phenoxy) is 1. The van der Waals surface area contributed by atoms with E-state index >= 15 is 0 Å². The molecule has 5 nitrogen and oxygen atoms in total. The molecule has 0 saturated carbocycles. The first kappa shape index (κ1) is 20.1. The maximum absolute atomic E-state index is 12.4. The van der Waals surface area contributed by atoms with Crippen LogP contribution in [0.2, 0.25) is 0 Å². The molecule has 0 unspecified atom stereocenters. The molecule has 2 N–H and O–H groups in total. The van der Waals surface area contributed by atoms with Crippen LogP contribution in [0, 0.1) is 0 Å². The van der Waals surface area contributed by atoms with Crippen molar-refractivity contribution in [1.82, 2.24) is 0 Å². The van der Waals surface area contributed by atoms with Crippen molar-refractivity contribution in [3.8, 4) is 11.5 Å². The van der Waals surface area contributed by atoms with Crippen LogP contribution in [-0.4, -0.2) is 11.8 Å². The highest BCUT2D eigenvalue weighted by atomic mass is 16.5. The molecule has 0 spiro atoms. The lowest BCUT2D eigenvalue weighted by Gasteiger charge is -2.14. The fourth-order valence-corrected chi connectivity index (χ4v) is 2.99. The molecular formula is C24H24N2O3. The van der Waals surface area contributed by atoms with Crippen molar-refractivity contribution < 1.29 is 14.3 Å². The smallest absolute Gasteiger partial charge is 0.314 e. The summed E-state index contributed by atoms with van der Waals surface area (Å²) in [5, 5.41) is 5.39. The van der Waals surface area contributed by atoms with E-state index in [2.05, 4.69) is 10.6 Å². The van der Waals surface area contributed by atoms with Crippen molar-refractivity contribution >= 4 is 23.2 Å². The molecule has 0 atom stereocenters. The molecule has 0 aliphatic rings. The molecular weight excluding hydrogens is 364 g/mol. The van der Waals surface area contributed by atoms with Crippen LogP contribution in [-0.2, 0) is 22.4 Å². The number of rotatable bonds is 6. The number of carbonyl (C=O) groups is 2. The highest BCUT2D eigenvalue weighted by molar-refractivity contribution is 6.43. The molecule has 0 fully saturated rings. The summed E-state index contributed by atoms with van der Waals surface area (Å²) in [4.78, 5) is 24.8. The van der Waals surface area contributed by atoms with Gasteiger partial charge in [-0.25, -0.2) is 0 Å². The highest BCUT2D eigenvalue weighted by Gasteiger charge is 2.17. The lowest BCUT2D eigenvalue weighted by Crippen LogP contribution is -2.29. The van der Waals surface area contributed by atoms with E-state index in [4.69, 9.17) is 4.74 Å². The van der Waals surface area contributed by atoms with Gasteiger partial charge in [-0.15, -0.1) is 0 Å². The number of benzene rings is 3. The number of aryl methyl sites for hydroxylation is 2. The van der Waals surface area contributed by atoms with Crippen LogP contribution in [0.4, 0.5) is 11.4 Å². The molecule has 3 aromatic rings. The van der Waals surface area contributed by atoms with E-state index in [-0.39, 0.29) is 0 Å². The van der Waals surface area contributed by atoms with Crippen molar-refractivity contribution in [3.63, 3.8) is 0 Å². The second kappa shape index (κ2) is 9.55. The van der Waals surface area contributed by atoms with Crippen molar-refractivity contribution in [1.29, 1.82) is 0 Å². The van der Waals surface area contributed by atoms with E-state index in [1.807, 2.05) is 62.4 Å². The molecule has 0 aliphatic heterocycles. The van der Waals surface area contributed by atoms with Crippen LogP contribution in [0.3, 0.4) is 0 Å². The zero-order valence-corrected chi connectivity index (χ0v) is 16.6. The Balaban J connectivity index is 1.64. The Bertz CT molecular complexity index is 961. The number of nitrogens with one attached hydrogen (secondary N) is 2. The van der Waals surface area contributed by atoms with Gasteiger partial charge in [0.1, 0.15) is 11.5 Å². The van der Waals surface area contributed by atoms with Crippen molar-refractivity contribution in [3.05, 3.63) is 83.9 Å². The van der Waals surface area contributed by atoms with Crippen LogP contribution >= 0.6 is 0 Å². The number of carbonyl (C=O) groups excluding carboxylic acids is 2. The van der Waals surface area contributed by atoms with Gasteiger partial charge >= 0.3 is 11.8 Å². The average molecular weight is 388 g/mol. The minimum Gasteiger partial charge on any atom is -0.457 e. The Morgan fingerprint density at radius 2 is 1.24 bits per heavy atom. The molecule has 0 radical (unpaired) electrons. The SMILES string of the molecule is CCc1cccc(CC)c1NC(=O)C(=O)Nc1ccc(Oc2ccccc2)cc1. The van der Waals surface area contributed by atoms with Gasteiger partial charge in [-0.2, -0.15) is 0 Å². The maximum atomic E-state index is 12.4. The average Bonchev–Trinajstić information content (AvgIpc) is 2.76. The summed E-state index contributed by atoms with van der Waals surface area (Å²) in [5.41, 5.74) is 3.26. The lowest BCUT2D eigenvalue weighted by atomic mass is 10.0. The van der Waals surface area contributed by atoms with Gasteiger partial charge in [0, 0.05) is 11.4 Å². The van der Waals surface area contributed by atoms with Gasteiger partial charge < -0.3 is 15.4 Å². The molecule has 0 aromatic heterocycles. The molecule has 3 aromatic carbocycles. The summed E-state index contributed by atoms with van der Waals surface area (Å²) in [6.07, 6.45) is 1.54. The van der Waals surface area contributed by atoms with E-state index in [1.54, 1.807) is 24.3 Å². The van der Waals surface area contributed by atoms with E-state index < -0.39 is 11.8 Å².